The number of benzene rings is 2. The van der Waals surface area contributed by atoms with Gasteiger partial charge in [0.15, 0.2) is 0 Å². The number of hydrogen-bond acceptors (Lipinski definition) is 4. The summed E-state index contributed by atoms with van der Waals surface area (Å²) in [7, 11) is 0. The van der Waals surface area contributed by atoms with Crippen LogP contribution in [0.3, 0.4) is 0 Å². The lowest BCUT2D eigenvalue weighted by molar-refractivity contribution is 0.0873. The lowest BCUT2D eigenvalue weighted by Gasteiger charge is -2.41. The highest BCUT2D eigenvalue weighted by Gasteiger charge is 2.34. The fraction of sp³-hybridized carbons (Fsp3) is 0.364. The van der Waals surface area contributed by atoms with Crippen LogP contribution in [0.2, 0.25) is 0 Å². The number of para-hydroxylation sites is 2. The van der Waals surface area contributed by atoms with E-state index in [0.717, 1.165) is 55.6 Å². The van der Waals surface area contributed by atoms with E-state index in [1.165, 1.54) is 5.56 Å². The Morgan fingerprint density at radius 1 is 0.923 bits per heavy atom. The SMILES string of the molecule is OCC1(CCc2ccccc2)CCN(c2cnc3ccccc3n2)CC1. The Kier molecular flexibility index (Phi) is 4.85. The number of nitrogens with zero attached hydrogens (tertiary/aromatic N) is 3. The van der Waals surface area contributed by atoms with Crippen molar-refractivity contribution in [3.63, 3.8) is 0 Å². The summed E-state index contributed by atoms with van der Waals surface area (Å²) in [5.74, 6) is 0.943. The molecule has 0 radical (unpaired) electrons. The molecule has 0 unspecified atom stereocenters. The smallest absolute Gasteiger partial charge is 0.147 e. The molecule has 0 amide bonds. The van der Waals surface area contributed by atoms with Crippen LogP contribution in [0, 0.1) is 5.41 Å². The molecule has 0 saturated carbocycles. The second-order valence-corrected chi connectivity index (χ2v) is 7.35. The number of piperidine rings is 1. The maximum atomic E-state index is 10.1. The molecule has 134 valence electrons. The van der Waals surface area contributed by atoms with Crippen LogP contribution < -0.4 is 4.90 Å². The van der Waals surface area contributed by atoms with E-state index in [9.17, 15) is 5.11 Å². The van der Waals surface area contributed by atoms with Gasteiger partial charge in [0.05, 0.1) is 17.2 Å². The lowest BCUT2D eigenvalue weighted by atomic mass is 9.75. The fourth-order valence-corrected chi connectivity index (χ4v) is 3.85. The van der Waals surface area contributed by atoms with Crippen LogP contribution in [0.25, 0.3) is 11.0 Å². The Hall–Kier alpha value is -2.46. The van der Waals surface area contributed by atoms with Gasteiger partial charge in [-0.05, 0) is 48.8 Å². The zero-order chi connectivity index (χ0) is 17.8. The Labute approximate surface area is 154 Å². The van der Waals surface area contributed by atoms with E-state index in [2.05, 4.69) is 34.1 Å². The first-order valence-corrected chi connectivity index (χ1v) is 9.40. The molecule has 1 fully saturated rings. The molecule has 0 aliphatic carbocycles. The molecule has 0 bridgehead atoms. The van der Waals surface area contributed by atoms with Crippen LogP contribution in [0.15, 0.2) is 60.8 Å². The molecule has 2 aromatic carbocycles. The highest BCUT2D eigenvalue weighted by Crippen LogP contribution is 2.37. The van der Waals surface area contributed by atoms with Gasteiger partial charge in [-0.3, -0.25) is 4.98 Å². The molecule has 1 aromatic heterocycles. The van der Waals surface area contributed by atoms with E-state index in [-0.39, 0.29) is 12.0 Å². The van der Waals surface area contributed by atoms with Gasteiger partial charge in [0, 0.05) is 19.7 Å². The van der Waals surface area contributed by atoms with Crippen molar-refractivity contribution in [1.29, 1.82) is 0 Å². The number of aromatic nitrogens is 2. The van der Waals surface area contributed by atoms with Crippen molar-refractivity contribution in [3.8, 4) is 0 Å². The van der Waals surface area contributed by atoms with Crippen molar-refractivity contribution in [2.45, 2.75) is 25.7 Å². The van der Waals surface area contributed by atoms with Crippen LogP contribution >= 0.6 is 0 Å². The van der Waals surface area contributed by atoms with Crippen molar-refractivity contribution in [3.05, 3.63) is 66.4 Å². The van der Waals surface area contributed by atoms with E-state index >= 15 is 0 Å². The number of aliphatic hydroxyl groups is 1. The van der Waals surface area contributed by atoms with Gasteiger partial charge >= 0.3 is 0 Å². The van der Waals surface area contributed by atoms with Crippen LogP contribution in [-0.2, 0) is 6.42 Å². The zero-order valence-electron chi connectivity index (χ0n) is 15.0. The van der Waals surface area contributed by atoms with E-state index in [1.54, 1.807) is 0 Å². The molecule has 4 rings (SSSR count). The van der Waals surface area contributed by atoms with E-state index in [1.807, 2.05) is 36.5 Å². The minimum atomic E-state index is 0.0244. The van der Waals surface area contributed by atoms with Crippen molar-refractivity contribution in [2.24, 2.45) is 5.41 Å². The molecular weight excluding hydrogens is 322 g/mol. The van der Waals surface area contributed by atoms with Crippen molar-refractivity contribution >= 4 is 16.9 Å². The first kappa shape index (κ1) is 17.0. The van der Waals surface area contributed by atoms with Gasteiger partial charge in [-0.1, -0.05) is 42.5 Å². The summed E-state index contributed by atoms with van der Waals surface area (Å²) in [5.41, 5.74) is 3.24. The highest BCUT2D eigenvalue weighted by atomic mass is 16.3. The standard InChI is InChI=1S/C22H25N3O/c26-17-22(11-10-18-6-2-1-3-7-18)12-14-25(15-13-22)21-16-23-19-8-4-5-9-20(19)24-21/h1-9,16,26H,10-15,17H2. The maximum Gasteiger partial charge on any atom is 0.147 e. The Balaban J connectivity index is 1.42. The third-order valence-electron chi connectivity index (χ3n) is 5.71. The molecule has 26 heavy (non-hydrogen) atoms. The van der Waals surface area contributed by atoms with Gasteiger partial charge in [0.2, 0.25) is 0 Å². The predicted molar refractivity (Wildman–Crippen MR) is 105 cm³/mol. The van der Waals surface area contributed by atoms with Gasteiger partial charge in [0.1, 0.15) is 5.82 Å². The first-order valence-electron chi connectivity index (χ1n) is 9.40. The fourth-order valence-electron chi connectivity index (χ4n) is 3.85. The van der Waals surface area contributed by atoms with Crippen molar-refractivity contribution in [1.82, 2.24) is 9.97 Å². The quantitative estimate of drug-likeness (QED) is 0.762. The molecule has 4 heteroatoms. The third-order valence-corrected chi connectivity index (χ3v) is 5.71. The highest BCUT2D eigenvalue weighted by molar-refractivity contribution is 5.75. The minimum absolute atomic E-state index is 0.0244. The molecule has 1 aliphatic heterocycles. The van der Waals surface area contributed by atoms with Gasteiger partial charge in [0.25, 0.3) is 0 Å². The van der Waals surface area contributed by atoms with E-state index in [0.29, 0.717) is 0 Å². The summed E-state index contributed by atoms with van der Waals surface area (Å²) in [6.45, 7) is 2.10. The van der Waals surface area contributed by atoms with Crippen LogP contribution in [0.5, 0.6) is 0 Å². The number of aliphatic hydroxyl groups excluding tert-OH is 1. The number of fused-ring (bicyclic) bond motifs is 1. The van der Waals surface area contributed by atoms with Crippen LogP contribution in [0.1, 0.15) is 24.8 Å². The van der Waals surface area contributed by atoms with Crippen molar-refractivity contribution in [2.75, 3.05) is 24.6 Å². The summed E-state index contributed by atoms with van der Waals surface area (Å²) in [6.07, 6.45) is 5.91. The Morgan fingerprint density at radius 2 is 1.62 bits per heavy atom. The summed E-state index contributed by atoms with van der Waals surface area (Å²) in [6, 6.07) is 18.5. The molecule has 1 saturated heterocycles. The Morgan fingerprint density at radius 3 is 2.35 bits per heavy atom. The van der Waals surface area contributed by atoms with Crippen molar-refractivity contribution < 1.29 is 5.11 Å². The van der Waals surface area contributed by atoms with Gasteiger partial charge in [-0.15, -0.1) is 0 Å². The van der Waals surface area contributed by atoms with E-state index in [4.69, 9.17) is 4.98 Å². The van der Waals surface area contributed by atoms with Crippen LogP contribution in [-0.4, -0.2) is 34.8 Å². The van der Waals surface area contributed by atoms with Gasteiger partial charge in [-0.25, -0.2) is 4.98 Å². The largest absolute Gasteiger partial charge is 0.396 e. The molecule has 1 N–H and O–H groups in total. The average Bonchev–Trinajstić information content (AvgIpc) is 2.73. The summed E-state index contributed by atoms with van der Waals surface area (Å²) < 4.78 is 0. The molecule has 0 atom stereocenters. The number of anilines is 1. The summed E-state index contributed by atoms with van der Waals surface area (Å²) in [5, 5.41) is 10.1. The third kappa shape index (κ3) is 3.56. The van der Waals surface area contributed by atoms with Gasteiger partial charge in [-0.2, -0.15) is 0 Å². The second kappa shape index (κ2) is 7.42. The van der Waals surface area contributed by atoms with E-state index < -0.39 is 0 Å². The minimum Gasteiger partial charge on any atom is -0.396 e. The Bertz CT molecular complexity index is 857. The average molecular weight is 347 g/mol. The zero-order valence-corrected chi connectivity index (χ0v) is 15.0. The molecule has 0 spiro atoms. The molecule has 3 aromatic rings. The first-order chi connectivity index (χ1) is 12.8. The monoisotopic (exact) mass is 347 g/mol. The maximum absolute atomic E-state index is 10.1. The molecular formula is C22H25N3O. The normalized spacial score (nSPS) is 16.7. The number of rotatable bonds is 5. The predicted octanol–water partition coefficient (Wildman–Crippen LogP) is 3.84. The number of aryl methyl sites for hydroxylation is 1. The summed E-state index contributed by atoms with van der Waals surface area (Å²) >= 11 is 0. The molecule has 4 nitrogen and oxygen atoms in total. The second-order valence-electron chi connectivity index (χ2n) is 7.35. The van der Waals surface area contributed by atoms with Crippen LogP contribution in [0.4, 0.5) is 5.82 Å². The summed E-state index contributed by atoms with van der Waals surface area (Å²) in [4.78, 5) is 11.6. The number of hydrogen-bond donors (Lipinski definition) is 1. The topological polar surface area (TPSA) is 49.2 Å². The lowest BCUT2D eigenvalue weighted by Crippen LogP contribution is -2.42. The molecule has 1 aliphatic rings. The van der Waals surface area contributed by atoms with Gasteiger partial charge < -0.3 is 10.0 Å². The molecule has 2 heterocycles.